The summed E-state index contributed by atoms with van der Waals surface area (Å²) >= 11 is 0. The van der Waals surface area contributed by atoms with E-state index in [9.17, 15) is 18.0 Å². The molecule has 1 saturated heterocycles. The van der Waals surface area contributed by atoms with E-state index in [1.54, 1.807) is 24.3 Å². The monoisotopic (exact) mass is 394 g/mol. The SMILES string of the molecule is Cc1ccc(S(=O)(=O)N2CCCC(C(=O)N[C@@H]3CC[C@H](C(=O)O)C3)C2)cc1. The summed E-state index contributed by atoms with van der Waals surface area (Å²) < 4.78 is 27.1. The van der Waals surface area contributed by atoms with Crippen molar-refractivity contribution in [2.45, 2.75) is 50.0 Å². The van der Waals surface area contributed by atoms with E-state index in [1.807, 2.05) is 6.92 Å². The van der Waals surface area contributed by atoms with Crippen LogP contribution in [0.1, 0.15) is 37.7 Å². The molecule has 0 bridgehead atoms. The van der Waals surface area contributed by atoms with Crippen LogP contribution in [0, 0.1) is 18.8 Å². The third kappa shape index (κ3) is 4.50. The number of carbonyl (C=O) groups is 2. The van der Waals surface area contributed by atoms with Crippen molar-refractivity contribution in [2.24, 2.45) is 11.8 Å². The predicted molar refractivity (Wildman–Crippen MR) is 99.6 cm³/mol. The number of aliphatic carboxylic acids is 1. The first-order valence-corrected chi connectivity index (χ1v) is 10.8. The molecule has 2 N–H and O–H groups in total. The van der Waals surface area contributed by atoms with Crippen molar-refractivity contribution in [3.05, 3.63) is 29.8 Å². The van der Waals surface area contributed by atoms with E-state index in [0.29, 0.717) is 38.6 Å². The van der Waals surface area contributed by atoms with Crippen LogP contribution in [0.5, 0.6) is 0 Å². The van der Waals surface area contributed by atoms with Gasteiger partial charge in [0.15, 0.2) is 0 Å². The van der Waals surface area contributed by atoms with Gasteiger partial charge in [0.05, 0.1) is 16.7 Å². The second-order valence-electron chi connectivity index (χ2n) is 7.57. The Balaban J connectivity index is 1.63. The Morgan fingerprint density at radius 2 is 1.81 bits per heavy atom. The summed E-state index contributed by atoms with van der Waals surface area (Å²) in [6.45, 7) is 2.47. The van der Waals surface area contributed by atoms with Crippen molar-refractivity contribution in [3.63, 3.8) is 0 Å². The highest BCUT2D eigenvalue weighted by atomic mass is 32.2. The summed E-state index contributed by atoms with van der Waals surface area (Å²) in [5.74, 6) is -1.79. The molecule has 0 spiro atoms. The summed E-state index contributed by atoms with van der Waals surface area (Å²) in [7, 11) is -3.62. The van der Waals surface area contributed by atoms with Gasteiger partial charge in [0.2, 0.25) is 15.9 Å². The molecule has 2 fully saturated rings. The number of aryl methyl sites for hydroxylation is 1. The average Bonchev–Trinajstić information content (AvgIpc) is 3.11. The lowest BCUT2D eigenvalue weighted by Gasteiger charge is -2.31. The Bertz CT molecular complexity index is 806. The van der Waals surface area contributed by atoms with Gasteiger partial charge in [0.25, 0.3) is 0 Å². The van der Waals surface area contributed by atoms with Crippen LogP contribution in [0.2, 0.25) is 0 Å². The van der Waals surface area contributed by atoms with Crippen LogP contribution >= 0.6 is 0 Å². The summed E-state index contributed by atoms with van der Waals surface area (Å²) in [5.41, 5.74) is 0.987. The van der Waals surface area contributed by atoms with Gasteiger partial charge in [-0.3, -0.25) is 9.59 Å². The highest BCUT2D eigenvalue weighted by Crippen LogP contribution is 2.28. The first-order valence-electron chi connectivity index (χ1n) is 9.37. The van der Waals surface area contributed by atoms with Crippen LogP contribution in [0.15, 0.2) is 29.2 Å². The van der Waals surface area contributed by atoms with E-state index in [1.165, 1.54) is 4.31 Å². The number of nitrogens with one attached hydrogen (secondary N) is 1. The molecule has 1 heterocycles. The number of sulfonamides is 1. The molecule has 2 aliphatic rings. The van der Waals surface area contributed by atoms with Gasteiger partial charge < -0.3 is 10.4 Å². The minimum absolute atomic E-state index is 0.136. The Labute approximate surface area is 159 Å². The van der Waals surface area contributed by atoms with Crippen molar-refractivity contribution in [2.75, 3.05) is 13.1 Å². The Morgan fingerprint density at radius 1 is 1.11 bits per heavy atom. The maximum atomic E-state index is 12.9. The molecule has 148 valence electrons. The topological polar surface area (TPSA) is 104 Å². The average molecular weight is 394 g/mol. The van der Waals surface area contributed by atoms with Gasteiger partial charge in [-0.15, -0.1) is 0 Å². The Morgan fingerprint density at radius 3 is 2.44 bits per heavy atom. The van der Waals surface area contributed by atoms with Gasteiger partial charge in [0, 0.05) is 19.1 Å². The molecule has 1 saturated carbocycles. The summed E-state index contributed by atoms with van der Waals surface area (Å²) in [6.07, 6.45) is 2.94. The van der Waals surface area contributed by atoms with E-state index >= 15 is 0 Å². The molecular formula is C19H26N2O5S. The van der Waals surface area contributed by atoms with Gasteiger partial charge in [-0.25, -0.2) is 8.42 Å². The Kier molecular flexibility index (Phi) is 5.86. The fourth-order valence-electron chi connectivity index (χ4n) is 3.89. The van der Waals surface area contributed by atoms with Gasteiger partial charge in [-0.05, 0) is 51.2 Å². The summed E-state index contributed by atoms with van der Waals surface area (Å²) in [6, 6.07) is 6.58. The Hall–Kier alpha value is -1.93. The maximum absolute atomic E-state index is 12.9. The molecule has 3 atom stereocenters. The first-order chi connectivity index (χ1) is 12.8. The molecule has 1 aromatic carbocycles. The van der Waals surface area contributed by atoms with Gasteiger partial charge >= 0.3 is 5.97 Å². The van der Waals surface area contributed by atoms with Crippen molar-refractivity contribution in [3.8, 4) is 0 Å². The molecule has 7 nitrogen and oxygen atoms in total. The van der Waals surface area contributed by atoms with Crippen molar-refractivity contribution in [1.29, 1.82) is 0 Å². The van der Waals surface area contributed by atoms with Gasteiger partial charge in [-0.2, -0.15) is 4.31 Å². The molecule has 1 amide bonds. The van der Waals surface area contributed by atoms with E-state index < -0.39 is 27.8 Å². The number of hydrogen-bond acceptors (Lipinski definition) is 4. The molecule has 8 heteroatoms. The zero-order valence-corrected chi connectivity index (χ0v) is 16.2. The third-order valence-electron chi connectivity index (χ3n) is 5.54. The van der Waals surface area contributed by atoms with Crippen LogP contribution in [-0.4, -0.2) is 48.8 Å². The minimum Gasteiger partial charge on any atom is -0.481 e. The summed E-state index contributed by atoms with van der Waals surface area (Å²) in [4.78, 5) is 23.9. The van der Waals surface area contributed by atoms with Crippen molar-refractivity contribution < 1.29 is 23.1 Å². The molecule has 3 rings (SSSR count). The fourth-order valence-corrected chi connectivity index (χ4v) is 5.41. The van der Waals surface area contributed by atoms with Gasteiger partial charge in [-0.1, -0.05) is 17.7 Å². The van der Waals surface area contributed by atoms with Crippen LogP contribution in [0.3, 0.4) is 0 Å². The lowest BCUT2D eigenvalue weighted by Crippen LogP contribution is -2.47. The largest absolute Gasteiger partial charge is 0.481 e. The maximum Gasteiger partial charge on any atom is 0.306 e. The van der Waals surface area contributed by atoms with E-state index in [2.05, 4.69) is 5.32 Å². The van der Waals surface area contributed by atoms with E-state index in [0.717, 1.165) is 5.56 Å². The highest BCUT2D eigenvalue weighted by molar-refractivity contribution is 7.89. The second kappa shape index (κ2) is 7.98. The molecule has 27 heavy (non-hydrogen) atoms. The number of benzene rings is 1. The standard InChI is InChI=1S/C19H26N2O5S/c1-13-4-8-17(9-5-13)27(25,26)21-10-2-3-15(12-21)18(22)20-16-7-6-14(11-16)19(23)24/h4-5,8-9,14-16H,2-3,6-7,10-12H2,1H3,(H,20,22)(H,23,24)/t14-,15?,16+/m0/s1. The molecule has 1 aliphatic heterocycles. The molecule has 1 aliphatic carbocycles. The van der Waals surface area contributed by atoms with Crippen LogP contribution in [0.4, 0.5) is 0 Å². The molecule has 0 aromatic heterocycles. The number of nitrogens with zero attached hydrogens (tertiary/aromatic N) is 1. The zero-order chi connectivity index (χ0) is 19.6. The number of hydrogen-bond donors (Lipinski definition) is 2. The number of rotatable bonds is 5. The van der Waals surface area contributed by atoms with Crippen LogP contribution in [0.25, 0.3) is 0 Å². The summed E-state index contributed by atoms with van der Waals surface area (Å²) in [5, 5.41) is 12.0. The number of carboxylic acids is 1. The second-order valence-corrected chi connectivity index (χ2v) is 9.51. The predicted octanol–water partition coefficient (Wildman–Crippen LogP) is 1.77. The van der Waals surface area contributed by atoms with Crippen molar-refractivity contribution in [1.82, 2.24) is 9.62 Å². The molecular weight excluding hydrogens is 368 g/mol. The lowest BCUT2D eigenvalue weighted by molar-refractivity contribution is -0.141. The number of carboxylic acid groups (broad SMARTS) is 1. The van der Waals surface area contributed by atoms with Crippen molar-refractivity contribution >= 4 is 21.9 Å². The van der Waals surface area contributed by atoms with Crippen LogP contribution in [-0.2, 0) is 19.6 Å². The smallest absolute Gasteiger partial charge is 0.306 e. The van der Waals surface area contributed by atoms with E-state index in [-0.39, 0.29) is 23.4 Å². The molecule has 0 radical (unpaired) electrons. The van der Waals surface area contributed by atoms with Gasteiger partial charge in [0.1, 0.15) is 0 Å². The lowest BCUT2D eigenvalue weighted by atomic mass is 9.98. The fraction of sp³-hybridized carbons (Fsp3) is 0.579. The normalized spacial score (nSPS) is 26.6. The highest BCUT2D eigenvalue weighted by Gasteiger charge is 2.36. The number of carbonyl (C=O) groups excluding carboxylic acids is 1. The molecule has 1 aromatic rings. The first kappa shape index (κ1) is 19.8. The van der Waals surface area contributed by atoms with Crippen LogP contribution < -0.4 is 5.32 Å². The third-order valence-corrected chi connectivity index (χ3v) is 7.42. The van der Waals surface area contributed by atoms with E-state index in [4.69, 9.17) is 5.11 Å². The number of amides is 1. The number of piperidine rings is 1. The quantitative estimate of drug-likeness (QED) is 0.792. The molecule has 1 unspecified atom stereocenters. The zero-order valence-electron chi connectivity index (χ0n) is 15.4. The minimum atomic E-state index is -3.62.